The molecule has 2 aromatic carbocycles. The number of benzene rings is 2. The molecule has 1 heterocycles. The van der Waals surface area contributed by atoms with E-state index >= 15 is 0 Å². The second-order valence-electron chi connectivity index (χ2n) is 4.89. The molecule has 0 fully saturated rings. The third-order valence-corrected chi connectivity index (χ3v) is 3.19. The lowest BCUT2D eigenvalue weighted by Crippen LogP contribution is -2.05. The fourth-order valence-electron chi connectivity index (χ4n) is 2.07. The topological polar surface area (TPSA) is 44.8 Å². The van der Waals surface area contributed by atoms with Crippen molar-refractivity contribution in [3.8, 4) is 17.2 Å². The number of alkyl halides is 3. The second-order valence-corrected chi connectivity index (χ2v) is 4.89. The lowest BCUT2D eigenvalue weighted by molar-refractivity contribution is -0.137. The van der Waals surface area contributed by atoms with E-state index in [-0.39, 0.29) is 18.1 Å². The summed E-state index contributed by atoms with van der Waals surface area (Å²) < 4.78 is 53.2. The van der Waals surface area contributed by atoms with Gasteiger partial charge in [-0.1, -0.05) is 12.1 Å². The number of carbonyl (C=O) groups excluding carboxylic acids is 1. The van der Waals surface area contributed by atoms with Crippen LogP contribution in [0.1, 0.15) is 11.1 Å². The van der Waals surface area contributed by atoms with Crippen molar-refractivity contribution >= 4 is 12.0 Å². The Morgan fingerprint density at radius 1 is 1.08 bits per heavy atom. The van der Waals surface area contributed by atoms with Crippen molar-refractivity contribution in [1.29, 1.82) is 0 Å². The predicted molar refractivity (Wildman–Crippen MR) is 78.7 cm³/mol. The second kappa shape index (κ2) is 6.27. The van der Waals surface area contributed by atoms with E-state index in [2.05, 4.69) is 0 Å². The standard InChI is InChI=1S/C17H11F3O4/c18-17(19,20)12-3-1-2-11(8-12)4-7-16(21)24-13-5-6-14-15(9-13)23-10-22-14/h1-9H,10H2/b7-4+. The molecule has 0 radical (unpaired) electrons. The minimum absolute atomic E-state index is 0.0994. The minimum Gasteiger partial charge on any atom is -0.454 e. The summed E-state index contributed by atoms with van der Waals surface area (Å²) in [7, 11) is 0. The van der Waals surface area contributed by atoms with Crippen molar-refractivity contribution in [2.75, 3.05) is 6.79 Å². The first-order valence-corrected chi connectivity index (χ1v) is 6.89. The molecule has 2 aromatic rings. The molecule has 124 valence electrons. The molecule has 0 bridgehead atoms. The molecule has 0 saturated carbocycles. The number of carbonyl (C=O) groups is 1. The van der Waals surface area contributed by atoms with Crippen LogP contribution in [0.3, 0.4) is 0 Å². The Morgan fingerprint density at radius 2 is 1.88 bits per heavy atom. The van der Waals surface area contributed by atoms with E-state index in [1.165, 1.54) is 30.3 Å². The molecule has 3 rings (SSSR count). The van der Waals surface area contributed by atoms with Gasteiger partial charge in [-0.2, -0.15) is 13.2 Å². The van der Waals surface area contributed by atoms with Crippen molar-refractivity contribution in [2.45, 2.75) is 6.18 Å². The number of hydrogen-bond acceptors (Lipinski definition) is 4. The Balaban J connectivity index is 1.67. The van der Waals surface area contributed by atoms with Gasteiger partial charge < -0.3 is 14.2 Å². The van der Waals surface area contributed by atoms with Gasteiger partial charge in [0.2, 0.25) is 6.79 Å². The number of halogens is 3. The quantitative estimate of drug-likeness (QED) is 0.482. The molecule has 0 saturated heterocycles. The van der Waals surface area contributed by atoms with E-state index in [1.54, 1.807) is 6.07 Å². The highest BCUT2D eigenvalue weighted by atomic mass is 19.4. The highest BCUT2D eigenvalue weighted by molar-refractivity contribution is 5.88. The first-order chi connectivity index (χ1) is 11.4. The van der Waals surface area contributed by atoms with Gasteiger partial charge in [-0.25, -0.2) is 4.79 Å². The predicted octanol–water partition coefficient (Wildman–Crippen LogP) is 4.05. The Hall–Kier alpha value is -2.96. The van der Waals surface area contributed by atoms with E-state index in [0.29, 0.717) is 11.5 Å². The number of fused-ring (bicyclic) bond motifs is 1. The van der Waals surface area contributed by atoms with Crippen LogP contribution in [0.2, 0.25) is 0 Å². The van der Waals surface area contributed by atoms with E-state index in [1.807, 2.05) is 0 Å². The van der Waals surface area contributed by atoms with Gasteiger partial charge >= 0.3 is 12.1 Å². The Kier molecular flexibility index (Phi) is 4.16. The zero-order chi connectivity index (χ0) is 17.2. The van der Waals surface area contributed by atoms with Crippen LogP contribution in [0, 0.1) is 0 Å². The van der Waals surface area contributed by atoms with E-state index in [4.69, 9.17) is 14.2 Å². The van der Waals surface area contributed by atoms with E-state index in [9.17, 15) is 18.0 Å². The maximum absolute atomic E-state index is 12.6. The molecule has 0 amide bonds. The summed E-state index contributed by atoms with van der Waals surface area (Å²) in [5.74, 6) is 0.542. The lowest BCUT2D eigenvalue weighted by Gasteiger charge is -2.06. The Labute approximate surface area is 135 Å². The molecule has 1 aliphatic heterocycles. The SMILES string of the molecule is O=C(/C=C/c1cccc(C(F)(F)F)c1)Oc1ccc2c(c1)OCO2. The van der Waals surface area contributed by atoms with Gasteiger partial charge in [-0.05, 0) is 35.9 Å². The fourth-order valence-corrected chi connectivity index (χ4v) is 2.07. The first kappa shape index (κ1) is 15.9. The third kappa shape index (κ3) is 3.68. The maximum atomic E-state index is 12.6. The summed E-state index contributed by atoms with van der Waals surface area (Å²) in [5, 5.41) is 0. The smallest absolute Gasteiger partial charge is 0.416 e. The molecule has 0 atom stereocenters. The molecule has 0 N–H and O–H groups in total. The van der Waals surface area contributed by atoms with Gasteiger partial charge in [0.25, 0.3) is 0 Å². The minimum atomic E-state index is -4.43. The highest BCUT2D eigenvalue weighted by Crippen LogP contribution is 2.35. The van der Waals surface area contributed by atoms with Crippen molar-refractivity contribution in [3.05, 3.63) is 59.7 Å². The highest BCUT2D eigenvalue weighted by Gasteiger charge is 2.30. The molecule has 4 nitrogen and oxygen atoms in total. The molecular weight excluding hydrogens is 325 g/mol. The molecule has 0 aromatic heterocycles. The van der Waals surface area contributed by atoms with Gasteiger partial charge in [0, 0.05) is 12.1 Å². The van der Waals surface area contributed by atoms with Crippen LogP contribution < -0.4 is 14.2 Å². The van der Waals surface area contributed by atoms with E-state index in [0.717, 1.165) is 18.2 Å². The average Bonchev–Trinajstić information content (AvgIpc) is 3.00. The van der Waals surface area contributed by atoms with Crippen LogP contribution in [0.15, 0.2) is 48.5 Å². The summed E-state index contributed by atoms with van der Waals surface area (Å²) in [6.45, 7) is 0.0994. The van der Waals surface area contributed by atoms with Crippen molar-refractivity contribution < 1.29 is 32.2 Å². The third-order valence-electron chi connectivity index (χ3n) is 3.19. The summed E-state index contributed by atoms with van der Waals surface area (Å²) in [6.07, 6.45) is -2.12. The number of ether oxygens (including phenoxy) is 3. The summed E-state index contributed by atoms with van der Waals surface area (Å²) in [6, 6.07) is 9.27. The van der Waals surface area contributed by atoms with Crippen molar-refractivity contribution in [3.63, 3.8) is 0 Å². The summed E-state index contributed by atoms with van der Waals surface area (Å²) in [4.78, 5) is 11.8. The molecule has 7 heteroatoms. The number of hydrogen-bond donors (Lipinski definition) is 0. The fraction of sp³-hybridized carbons (Fsp3) is 0.118. The monoisotopic (exact) mass is 336 g/mol. The Bertz CT molecular complexity index is 797. The molecule has 1 aliphatic rings. The van der Waals surface area contributed by atoms with Gasteiger partial charge in [0.05, 0.1) is 5.56 Å². The summed E-state index contributed by atoms with van der Waals surface area (Å²) in [5.41, 5.74) is -0.541. The molecule has 0 spiro atoms. The molecular formula is C17H11F3O4. The van der Waals surface area contributed by atoms with Crippen LogP contribution in [0.4, 0.5) is 13.2 Å². The van der Waals surface area contributed by atoms with Gasteiger partial charge in [0.15, 0.2) is 11.5 Å². The Morgan fingerprint density at radius 3 is 2.67 bits per heavy atom. The zero-order valence-corrected chi connectivity index (χ0v) is 12.2. The normalized spacial score (nSPS) is 13.3. The van der Waals surface area contributed by atoms with E-state index < -0.39 is 17.7 Å². The van der Waals surface area contributed by atoms with Crippen LogP contribution >= 0.6 is 0 Å². The van der Waals surface area contributed by atoms with Crippen LogP contribution in [0.5, 0.6) is 17.2 Å². The molecule has 0 unspecified atom stereocenters. The van der Waals surface area contributed by atoms with Crippen LogP contribution in [-0.4, -0.2) is 12.8 Å². The number of esters is 1. The van der Waals surface area contributed by atoms with Crippen molar-refractivity contribution in [1.82, 2.24) is 0 Å². The lowest BCUT2D eigenvalue weighted by atomic mass is 10.1. The van der Waals surface area contributed by atoms with Gasteiger partial charge in [-0.15, -0.1) is 0 Å². The zero-order valence-electron chi connectivity index (χ0n) is 12.2. The van der Waals surface area contributed by atoms with Crippen molar-refractivity contribution in [2.24, 2.45) is 0 Å². The average molecular weight is 336 g/mol. The molecule has 0 aliphatic carbocycles. The van der Waals surface area contributed by atoms with Gasteiger partial charge in [-0.3, -0.25) is 0 Å². The largest absolute Gasteiger partial charge is 0.454 e. The van der Waals surface area contributed by atoms with Crippen LogP contribution in [0.25, 0.3) is 6.08 Å². The first-order valence-electron chi connectivity index (χ1n) is 6.89. The van der Waals surface area contributed by atoms with Gasteiger partial charge in [0.1, 0.15) is 5.75 Å². The molecule has 24 heavy (non-hydrogen) atoms. The van der Waals surface area contributed by atoms with Crippen LogP contribution in [-0.2, 0) is 11.0 Å². The summed E-state index contributed by atoms with van der Waals surface area (Å²) >= 11 is 0. The maximum Gasteiger partial charge on any atom is 0.416 e. The number of rotatable bonds is 3.